The highest BCUT2D eigenvalue weighted by Crippen LogP contribution is 2.20. The number of amides is 1. The Hall–Kier alpha value is -1.66. The van der Waals surface area contributed by atoms with E-state index in [1.807, 2.05) is 0 Å². The second-order valence-corrected chi connectivity index (χ2v) is 27.0. The van der Waals surface area contributed by atoms with Crippen LogP contribution in [0.25, 0.3) is 0 Å². The van der Waals surface area contributed by atoms with E-state index in [0.29, 0.717) is 25.9 Å². The molecule has 0 aromatic carbocycles. The molecule has 0 radical (unpaired) electrons. The number of carbonyl (C=O) groups excluding carboxylic acids is 2. The first-order valence-corrected chi connectivity index (χ1v) is 39.1. The number of hydrogen-bond acceptors (Lipinski definition) is 5. The van der Waals surface area contributed by atoms with E-state index in [1.165, 1.54) is 366 Å². The number of hydrogen-bond donors (Lipinski definition) is 3. The van der Waals surface area contributed by atoms with Crippen LogP contribution >= 0.6 is 0 Å². The van der Waals surface area contributed by atoms with Crippen LogP contribution < -0.4 is 5.32 Å². The molecule has 504 valence electrons. The molecular formula is C79H153NO5. The summed E-state index contributed by atoms with van der Waals surface area (Å²) < 4.78 is 5.50. The predicted octanol–water partition coefficient (Wildman–Crippen LogP) is 25.7. The molecule has 0 fully saturated rings. The van der Waals surface area contributed by atoms with Crippen LogP contribution in [0.5, 0.6) is 0 Å². The quantitative estimate of drug-likeness (QED) is 0.0320. The summed E-state index contributed by atoms with van der Waals surface area (Å²) in [4.78, 5) is 24.6. The third-order valence-electron chi connectivity index (χ3n) is 18.5. The van der Waals surface area contributed by atoms with Gasteiger partial charge in [-0.15, -0.1) is 0 Å². The zero-order valence-electron chi connectivity index (χ0n) is 57.9. The van der Waals surface area contributed by atoms with Crippen molar-refractivity contribution >= 4 is 11.9 Å². The summed E-state index contributed by atoms with van der Waals surface area (Å²) in [6.45, 7) is 5.00. The molecule has 1 amide bonds. The number of esters is 1. The van der Waals surface area contributed by atoms with E-state index in [4.69, 9.17) is 4.74 Å². The minimum atomic E-state index is -0.663. The second kappa shape index (κ2) is 74.8. The molecule has 0 saturated heterocycles. The molecule has 3 N–H and O–H groups in total. The Morgan fingerprint density at radius 2 is 0.553 bits per heavy atom. The van der Waals surface area contributed by atoms with E-state index in [0.717, 1.165) is 44.9 Å². The van der Waals surface area contributed by atoms with Crippen molar-refractivity contribution in [2.45, 2.75) is 456 Å². The van der Waals surface area contributed by atoms with E-state index in [2.05, 4.69) is 43.5 Å². The topological polar surface area (TPSA) is 95.9 Å². The lowest BCUT2D eigenvalue weighted by Gasteiger charge is -2.22. The maximum atomic E-state index is 12.6. The third kappa shape index (κ3) is 71.3. The summed E-state index contributed by atoms with van der Waals surface area (Å²) in [6, 6.07) is -0.540. The molecule has 0 aromatic heterocycles. The SMILES string of the molecule is CCCCCCCCC/C=C\CCCCCCCC(=O)OCCCCCCCCCCCCCC/C=C\CCCCCCCCCCCCCCCCCCC(=O)NC(CO)C(O)CCCCCCCCCCCCCCCCCCCCCC. The van der Waals surface area contributed by atoms with Crippen molar-refractivity contribution in [3.8, 4) is 0 Å². The highest BCUT2D eigenvalue weighted by Gasteiger charge is 2.20. The smallest absolute Gasteiger partial charge is 0.305 e. The summed E-state index contributed by atoms with van der Waals surface area (Å²) in [6.07, 6.45) is 95.5. The lowest BCUT2D eigenvalue weighted by Crippen LogP contribution is -2.45. The predicted molar refractivity (Wildman–Crippen MR) is 375 cm³/mol. The summed E-state index contributed by atoms with van der Waals surface area (Å²) in [5, 5.41) is 23.4. The summed E-state index contributed by atoms with van der Waals surface area (Å²) in [5.41, 5.74) is 0. The zero-order chi connectivity index (χ0) is 61.3. The first-order valence-electron chi connectivity index (χ1n) is 39.1. The van der Waals surface area contributed by atoms with Crippen LogP contribution in [-0.2, 0) is 14.3 Å². The maximum Gasteiger partial charge on any atom is 0.305 e. The van der Waals surface area contributed by atoms with Gasteiger partial charge >= 0.3 is 5.97 Å². The van der Waals surface area contributed by atoms with Crippen molar-refractivity contribution in [1.29, 1.82) is 0 Å². The van der Waals surface area contributed by atoms with Gasteiger partial charge in [0.1, 0.15) is 0 Å². The molecule has 6 nitrogen and oxygen atoms in total. The van der Waals surface area contributed by atoms with E-state index in [1.54, 1.807) is 0 Å². The monoisotopic (exact) mass is 1200 g/mol. The van der Waals surface area contributed by atoms with Crippen molar-refractivity contribution in [3.05, 3.63) is 24.3 Å². The third-order valence-corrected chi connectivity index (χ3v) is 18.5. The molecule has 0 aromatic rings. The molecule has 6 heteroatoms. The standard InChI is InChI=1S/C79H153NO5/c1-3-5-7-9-11-13-15-17-19-21-22-37-40-43-47-51-55-59-63-67-71-77(82)76(75-81)80-78(83)72-68-64-60-56-52-48-44-41-38-35-33-31-29-27-25-23-24-26-28-30-32-34-36-39-42-46-50-54-58-62-66-70-74-85-79(84)73-69-65-61-57-53-49-45-20-18-16-14-12-10-8-6-4-2/h20,26,28,45,76-77,81-82H,3-19,21-25,27,29-44,46-75H2,1-2H3,(H,80,83)/b28-26-,45-20-. The van der Waals surface area contributed by atoms with Crippen LogP contribution in [0, 0.1) is 0 Å². The number of carbonyl (C=O) groups is 2. The van der Waals surface area contributed by atoms with Gasteiger partial charge in [-0.3, -0.25) is 9.59 Å². The van der Waals surface area contributed by atoms with Gasteiger partial charge in [0.15, 0.2) is 0 Å². The molecule has 0 rings (SSSR count). The number of rotatable bonds is 74. The van der Waals surface area contributed by atoms with E-state index in [9.17, 15) is 19.8 Å². The summed E-state index contributed by atoms with van der Waals surface area (Å²) in [7, 11) is 0. The Balaban J connectivity index is 3.35. The van der Waals surface area contributed by atoms with Gasteiger partial charge in [0.2, 0.25) is 5.91 Å². The van der Waals surface area contributed by atoms with Crippen LogP contribution in [0.1, 0.15) is 444 Å². The Morgan fingerprint density at radius 1 is 0.318 bits per heavy atom. The molecule has 0 aliphatic heterocycles. The number of allylic oxidation sites excluding steroid dienone is 4. The van der Waals surface area contributed by atoms with Gasteiger partial charge in [0.25, 0.3) is 0 Å². The van der Waals surface area contributed by atoms with E-state index in [-0.39, 0.29) is 18.5 Å². The van der Waals surface area contributed by atoms with Gasteiger partial charge in [-0.05, 0) is 77.0 Å². The Morgan fingerprint density at radius 3 is 0.835 bits per heavy atom. The number of aliphatic hydroxyl groups is 2. The Labute approximate surface area is 532 Å². The molecule has 0 saturated carbocycles. The van der Waals surface area contributed by atoms with Crippen molar-refractivity contribution in [3.63, 3.8) is 0 Å². The minimum absolute atomic E-state index is 0.0118. The van der Waals surface area contributed by atoms with Crippen LogP contribution in [0.2, 0.25) is 0 Å². The number of aliphatic hydroxyl groups excluding tert-OH is 2. The van der Waals surface area contributed by atoms with Crippen LogP contribution in [0.15, 0.2) is 24.3 Å². The fourth-order valence-electron chi connectivity index (χ4n) is 12.5. The normalized spacial score (nSPS) is 12.6. The molecule has 0 bridgehead atoms. The molecule has 85 heavy (non-hydrogen) atoms. The van der Waals surface area contributed by atoms with Gasteiger partial charge < -0.3 is 20.3 Å². The van der Waals surface area contributed by atoms with Gasteiger partial charge in [-0.25, -0.2) is 0 Å². The van der Waals surface area contributed by atoms with Crippen molar-refractivity contribution in [1.82, 2.24) is 5.32 Å². The maximum absolute atomic E-state index is 12.6. The highest BCUT2D eigenvalue weighted by molar-refractivity contribution is 5.76. The lowest BCUT2D eigenvalue weighted by molar-refractivity contribution is -0.143. The molecule has 0 spiro atoms. The Bertz CT molecular complexity index is 1330. The Kier molecular flexibility index (Phi) is 73.3. The van der Waals surface area contributed by atoms with E-state index < -0.39 is 12.1 Å². The first kappa shape index (κ1) is 83.3. The number of unbranched alkanes of at least 4 members (excludes halogenated alkanes) is 59. The van der Waals surface area contributed by atoms with Gasteiger partial charge in [0.05, 0.1) is 25.4 Å². The zero-order valence-corrected chi connectivity index (χ0v) is 57.9. The van der Waals surface area contributed by atoms with Crippen LogP contribution in [-0.4, -0.2) is 47.4 Å². The molecule has 0 aliphatic rings. The lowest BCUT2D eigenvalue weighted by atomic mass is 10.0. The summed E-state index contributed by atoms with van der Waals surface area (Å²) in [5.74, 6) is -0.0156. The van der Waals surface area contributed by atoms with Gasteiger partial charge in [-0.1, -0.05) is 378 Å². The molecule has 0 heterocycles. The second-order valence-electron chi connectivity index (χ2n) is 27.0. The average molecular weight is 1200 g/mol. The van der Waals surface area contributed by atoms with Crippen LogP contribution in [0.3, 0.4) is 0 Å². The van der Waals surface area contributed by atoms with Crippen LogP contribution in [0.4, 0.5) is 0 Å². The number of ether oxygens (including phenoxy) is 1. The van der Waals surface area contributed by atoms with Crippen molar-refractivity contribution in [2.75, 3.05) is 13.2 Å². The van der Waals surface area contributed by atoms with Gasteiger partial charge in [-0.2, -0.15) is 0 Å². The number of nitrogens with one attached hydrogen (secondary N) is 1. The van der Waals surface area contributed by atoms with Crippen molar-refractivity contribution < 1.29 is 24.5 Å². The fourth-order valence-corrected chi connectivity index (χ4v) is 12.5. The fraction of sp³-hybridized carbons (Fsp3) is 0.924. The minimum Gasteiger partial charge on any atom is -0.466 e. The summed E-state index contributed by atoms with van der Waals surface area (Å²) >= 11 is 0. The molecular weight excluding hydrogens is 1040 g/mol. The highest BCUT2D eigenvalue weighted by atomic mass is 16.5. The molecule has 2 unspecified atom stereocenters. The average Bonchev–Trinajstić information content (AvgIpc) is 3.51. The molecule has 2 atom stereocenters. The van der Waals surface area contributed by atoms with Crippen molar-refractivity contribution in [2.24, 2.45) is 0 Å². The van der Waals surface area contributed by atoms with Gasteiger partial charge in [0, 0.05) is 12.8 Å². The first-order chi connectivity index (χ1) is 42.0. The largest absolute Gasteiger partial charge is 0.466 e. The molecule has 0 aliphatic carbocycles. The van der Waals surface area contributed by atoms with E-state index >= 15 is 0 Å².